The van der Waals surface area contributed by atoms with Crippen LogP contribution in [0.1, 0.15) is 26.7 Å². The number of hydrogen-bond donors (Lipinski definition) is 3. The molecule has 1 atom stereocenters. The Morgan fingerprint density at radius 3 is 2.64 bits per heavy atom. The van der Waals surface area contributed by atoms with Gasteiger partial charge in [0.1, 0.15) is 24.3 Å². The number of benzene rings is 1. The van der Waals surface area contributed by atoms with E-state index in [9.17, 15) is 9.50 Å². The van der Waals surface area contributed by atoms with E-state index in [-0.39, 0.29) is 19.0 Å². The second-order valence-corrected chi connectivity index (χ2v) is 5.47. The predicted octanol–water partition coefficient (Wildman–Crippen LogP) is 1.94. The maximum Gasteiger partial charge on any atom is 0.191 e. The maximum atomic E-state index is 12.8. The summed E-state index contributed by atoms with van der Waals surface area (Å²) in [4.78, 5) is 4.35. The number of nitrogens with zero attached hydrogens (tertiary/aromatic N) is 1. The Balaban J connectivity index is 2.28. The van der Waals surface area contributed by atoms with Gasteiger partial charge in [-0.15, -0.1) is 0 Å². The molecule has 0 aromatic heterocycles. The summed E-state index contributed by atoms with van der Waals surface area (Å²) in [5.74, 6) is 0.864. The summed E-state index contributed by atoms with van der Waals surface area (Å²) >= 11 is 0. The third-order valence-electron chi connectivity index (χ3n) is 3.27. The number of nitrogens with one attached hydrogen (secondary N) is 2. The number of unbranched alkanes of at least 4 members (excludes halogenated alkanes) is 1. The minimum absolute atomic E-state index is 0.100. The third-order valence-corrected chi connectivity index (χ3v) is 3.27. The topological polar surface area (TPSA) is 75.1 Å². The molecular weight excluding hydrogens is 325 g/mol. The first-order valence-corrected chi connectivity index (χ1v) is 8.82. The minimum atomic E-state index is -0.738. The molecule has 0 heterocycles. The van der Waals surface area contributed by atoms with Gasteiger partial charge in [0.2, 0.25) is 0 Å². The van der Waals surface area contributed by atoms with Crippen LogP contribution in [0.3, 0.4) is 0 Å². The highest BCUT2D eigenvalue weighted by molar-refractivity contribution is 5.79. The van der Waals surface area contributed by atoms with Gasteiger partial charge in [0, 0.05) is 26.3 Å². The van der Waals surface area contributed by atoms with Crippen LogP contribution < -0.4 is 15.4 Å². The summed E-state index contributed by atoms with van der Waals surface area (Å²) in [6, 6.07) is 5.69. The predicted molar refractivity (Wildman–Crippen MR) is 97.6 cm³/mol. The molecule has 1 rings (SSSR count). The number of guanidine groups is 1. The molecule has 3 N–H and O–H groups in total. The van der Waals surface area contributed by atoms with Crippen molar-refractivity contribution in [1.82, 2.24) is 10.6 Å². The lowest BCUT2D eigenvalue weighted by atomic mass is 10.3. The zero-order valence-corrected chi connectivity index (χ0v) is 15.1. The molecule has 0 saturated heterocycles. The zero-order chi connectivity index (χ0) is 18.3. The molecule has 0 aliphatic rings. The van der Waals surface area contributed by atoms with Crippen LogP contribution in [0.4, 0.5) is 4.39 Å². The SMILES string of the molecule is CCNC(=NCC(O)COc1ccc(F)cc1)NCCCCOCC. The van der Waals surface area contributed by atoms with E-state index in [1.54, 1.807) is 0 Å². The monoisotopic (exact) mass is 355 g/mol. The van der Waals surface area contributed by atoms with Gasteiger partial charge in [-0.2, -0.15) is 0 Å². The van der Waals surface area contributed by atoms with Crippen molar-refractivity contribution in [3.63, 3.8) is 0 Å². The maximum absolute atomic E-state index is 12.8. The molecular formula is C18H30FN3O3. The van der Waals surface area contributed by atoms with Gasteiger partial charge in [0.15, 0.2) is 5.96 Å². The fraction of sp³-hybridized carbons (Fsp3) is 0.611. The number of aliphatic imine (C=N–C) groups is 1. The second kappa shape index (κ2) is 13.4. The summed E-state index contributed by atoms with van der Waals surface area (Å²) in [5.41, 5.74) is 0. The normalized spacial score (nSPS) is 12.7. The Morgan fingerprint density at radius 1 is 1.20 bits per heavy atom. The van der Waals surface area contributed by atoms with Gasteiger partial charge in [-0.05, 0) is 51.0 Å². The highest BCUT2D eigenvalue weighted by Gasteiger charge is 2.06. The van der Waals surface area contributed by atoms with E-state index in [0.717, 1.165) is 39.1 Å². The molecule has 0 aliphatic carbocycles. The molecule has 1 aromatic rings. The Morgan fingerprint density at radius 2 is 1.96 bits per heavy atom. The van der Waals surface area contributed by atoms with Crippen LogP contribution in [0.15, 0.2) is 29.3 Å². The highest BCUT2D eigenvalue weighted by atomic mass is 19.1. The van der Waals surface area contributed by atoms with Crippen LogP contribution in [0.5, 0.6) is 5.75 Å². The summed E-state index contributed by atoms with van der Waals surface area (Å²) in [7, 11) is 0. The van der Waals surface area contributed by atoms with Crippen LogP contribution >= 0.6 is 0 Å². The molecule has 0 fully saturated rings. The van der Waals surface area contributed by atoms with Crippen molar-refractivity contribution < 1.29 is 19.0 Å². The van der Waals surface area contributed by atoms with Crippen molar-refractivity contribution in [1.29, 1.82) is 0 Å². The van der Waals surface area contributed by atoms with Gasteiger partial charge in [-0.1, -0.05) is 0 Å². The van der Waals surface area contributed by atoms with Crippen LogP contribution in [0, 0.1) is 5.82 Å². The number of rotatable bonds is 12. The molecule has 0 spiro atoms. The number of ether oxygens (including phenoxy) is 2. The lowest BCUT2D eigenvalue weighted by Crippen LogP contribution is -2.38. The Bertz CT molecular complexity index is 483. The molecule has 1 unspecified atom stereocenters. The fourth-order valence-corrected chi connectivity index (χ4v) is 1.99. The summed E-state index contributed by atoms with van der Waals surface area (Å²) in [6.45, 7) is 7.34. The van der Waals surface area contributed by atoms with Gasteiger partial charge in [0.05, 0.1) is 6.54 Å². The standard InChI is InChI=1S/C18H30FN3O3/c1-3-20-18(21-11-5-6-12-24-4-2)22-13-16(23)14-25-17-9-7-15(19)8-10-17/h7-10,16,23H,3-6,11-14H2,1-2H3,(H2,20,21,22). The van der Waals surface area contributed by atoms with Gasteiger partial charge < -0.3 is 25.2 Å². The molecule has 0 radical (unpaired) electrons. The lowest BCUT2D eigenvalue weighted by Gasteiger charge is -2.14. The van der Waals surface area contributed by atoms with Crippen molar-refractivity contribution in [2.75, 3.05) is 39.5 Å². The summed E-state index contributed by atoms with van der Waals surface area (Å²) in [6.07, 6.45) is 1.24. The Kier molecular flexibility index (Phi) is 11.4. The first-order valence-electron chi connectivity index (χ1n) is 8.82. The number of aliphatic hydroxyl groups excluding tert-OH is 1. The van der Waals surface area contributed by atoms with E-state index in [1.165, 1.54) is 24.3 Å². The third kappa shape index (κ3) is 10.6. The van der Waals surface area contributed by atoms with Gasteiger partial charge >= 0.3 is 0 Å². The zero-order valence-electron chi connectivity index (χ0n) is 15.1. The second-order valence-electron chi connectivity index (χ2n) is 5.47. The van der Waals surface area contributed by atoms with E-state index in [4.69, 9.17) is 9.47 Å². The van der Waals surface area contributed by atoms with Crippen LogP contribution in [0.25, 0.3) is 0 Å². The number of aliphatic hydroxyl groups is 1. The first kappa shape index (κ1) is 21.2. The van der Waals surface area contributed by atoms with Crippen molar-refractivity contribution in [3.05, 3.63) is 30.1 Å². The summed E-state index contributed by atoms with van der Waals surface area (Å²) in [5, 5.41) is 16.3. The van der Waals surface area contributed by atoms with E-state index in [0.29, 0.717) is 11.7 Å². The quantitative estimate of drug-likeness (QED) is 0.303. The van der Waals surface area contributed by atoms with E-state index in [2.05, 4.69) is 15.6 Å². The van der Waals surface area contributed by atoms with Crippen molar-refractivity contribution >= 4 is 5.96 Å². The van der Waals surface area contributed by atoms with Gasteiger partial charge in [0.25, 0.3) is 0 Å². The van der Waals surface area contributed by atoms with Gasteiger partial charge in [-0.25, -0.2) is 4.39 Å². The molecule has 7 heteroatoms. The van der Waals surface area contributed by atoms with E-state index in [1.807, 2.05) is 13.8 Å². The largest absolute Gasteiger partial charge is 0.491 e. The molecule has 142 valence electrons. The van der Waals surface area contributed by atoms with E-state index >= 15 is 0 Å². The number of hydrogen-bond acceptors (Lipinski definition) is 4. The summed E-state index contributed by atoms with van der Waals surface area (Å²) < 4.78 is 23.5. The Labute approximate surface area is 149 Å². The smallest absolute Gasteiger partial charge is 0.191 e. The molecule has 0 aliphatic heterocycles. The average Bonchev–Trinajstić information content (AvgIpc) is 2.62. The minimum Gasteiger partial charge on any atom is -0.491 e. The van der Waals surface area contributed by atoms with E-state index < -0.39 is 6.10 Å². The molecule has 0 bridgehead atoms. The highest BCUT2D eigenvalue weighted by Crippen LogP contribution is 2.11. The fourth-order valence-electron chi connectivity index (χ4n) is 1.99. The average molecular weight is 355 g/mol. The molecule has 0 amide bonds. The first-order chi connectivity index (χ1) is 12.2. The number of halogens is 1. The molecule has 25 heavy (non-hydrogen) atoms. The van der Waals surface area contributed by atoms with Crippen LogP contribution in [-0.4, -0.2) is 56.6 Å². The van der Waals surface area contributed by atoms with Crippen molar-refractivity contribution in [3.8, 4) is 5.75 Å². The Hall–Kier alpha value is -1.86. The lowest BCUT2D eigenvalue weighted by molar-refractivity contribution is 0.114. The molecule has 0 saturated carbocycles. The van der Waals surface area contributed by atoms with Gasteiger partial charge in [-0.3, -0.25) is 4.99 Å². The molecule has 1 aromatic carbocycles. The van der Waals surface area contributed by atoms with Crippen LogP contribution in [0.2, 0.25) is 0 Å². The van der Waals surface area contributed by atoms with Crippen molar-refractivity contribution in [2.45, 2.75) is 32.8 Å². The van der Waals surface area contributed by atoms with Crippen molar-refractivity contribution in [2.24, 2.45) is 4.99 Å². The molecule has 6 nitrogen and oxygen atoms in total. The van der Waals surface area contributed by atoms with Crippen LogP contribution in [-0.2, 0) is 4.74 Å².